The van der Waals surface area contributed by atoms with E-state index in [1.54, 1.807) is 12.5 Å². The van der Waals surface area contributed by atoms with Gasteiger partial charge in [-0.3, -0.25) is 4.57 Å². The average Bonchev–Trinajstić information content (AvgIpc) is 3.03. The fourth-order valence-electron chi connectivity index (χ4n) is 2.47. The lowest BCUT2D eigenvalue weighted by Gasteiger charge is -2.11. The molecule has 3 heterocycles. The molecule has 0 saturated carbocycles. The van der Waals surface area contributed by atoms with E-state index in [1.165, 1.54) is 6.33 Å². The Balaban J connectivity index is 1.77. The number of fused-ring (bicyclic) bond motifs is 1. The lowest BCUT2D eigenvalue weighted by atomic mass is 10.3. The van der Waals surface area contributed by atoms with Gasteiger partial charge in [-0.15, -0.1) is 0 Å². The molecule has 0 aliphatic carbocycles. The van der Waals surface area contributed by atoms with Gasteiger partial charge in [0.1, 0.15) is 24.2 Å². The SMILES string of the molecule is Cc1ccc(Nc2ncnc(-n3cnc4ccccc43)c2N)nc1. The molecule has 0 amide bonds. The zero-order valence-electron chi connectivity index (χ0n) is 13.0. The van der Waals surface area contributed by atoms with Crippen LogP contribution in [0.1, 0.15) is 5.56 Å². The second-order valence-electron chi connectivity index (χ2n) is 5.41. The Labute approximate surface area is 138 Å². The van der Waals surface area contributed by atoms with Crippen LogP contribution in [0.2, 0.25) is 0 Å². The summed E-state index contributed by atoms with van der Waals surface area (Å²) in [6, 6.07) is 11.7. The molecule has 0 spiro atoms. The van der Waals surface area contributed by atoms with E-state index in [-0.39, 0.29) is 0 Å². The van der Waals surface area contributed by atoms with Gasteiger partial charge in [-0.1, -0.05) is 18.2 Å². The Hall–Kier alpha value is -3.48. The van der Waals surface area contributed by atoms with Crippen molar-refractivity contribution in [2.45, 2.75) is 6.92 Å². The molecule has 3 N–H and O–H groups in total. The summed E-state index contributed by atoms with van der Waals surface area (Å²) >= 11 is 0. The normalized spacial score (nSPS) is 10.9. The Bertz CT molecular complexity index is 1010. The molecule has 24 heavy (non-hydrogen) atoms. The highest BCUT2D eigenvalue weighted by Gasteiger charge is 2.13. The Morgan fingerprint density at radius 2 is 1.88 bits per heavy atom. The van der Waals surface area contributed by atoms with Gasteiger partial charge in [-0.05, 0) is 30.7 Å². The number of para-hydroxylation sites is 2. The number of nitrogen functional groups attached to an aromatic ring is 1. The highest BCUT2D eigenvalue weighted by molar-refractivity contribution is 5.80. The molecule has 0 aliphatic heterocycles. The van der Waals surface area contributed by atoms with E-state index >= 15 is 0 Å². The molecule has 4 rings (SSSR count). The van der Waals surface area contributed by atoms with E-state index in [2.05, 4.69) is 25.3 Å². The smallest absolute Gasteiger partial charge is 0.167 e. The number of nitrogens with one attached hydrogen (secondary N) is 1. The van der Waals surface area contributed by atoms with Crippen LogP contribution < -0.4 is 11.1 Å². The number of pyridine rings is 1. The zero-order chi connectivity index (χ0) is 16.5. The lowest BCUT2D eigenvalue weighted by Crippen LogP contribution is -2.07. The summed E-state index contributed by atoms with van der Waals surface area (Å²) in [5.41, 5.74) is 9.61. The second kappa shape index (κ2) is 5.62. The van der Waals surface area contributed by atoms with Gasteiger partial charge in [0.15, 0.2) is 11.6 Å². The largest absolute Gasteiger partial charge is 0.393 e. The third-order valence-corrected chi connectivity index (χ3v) is 3.70. The molecule has 0 radical (unpaired) electrons. The zero-order valence-corrected chi connectivity index (χ0v) is 13.0. The van der Waals surface area contributed by atoms with E-state index < -0.39 is 0 Å². The van der Waals surface area contributed by atoms with Crippen molar-refractivity contribution >= 4 is 28.4 Å². The average molecular weight is 317 g/mol. The number of imidazole rings is 1. The summed E-state index contributed by atoms with van der Waals surface area (Å²) in [5, 5.41) is 3.13. The molecular weight excluding hydrogens is 302 g/mol. The van der Waals surface area contributed by atoms with Crippen molar-refractivity contribution in [2.24, 2.45) is 0 Å². The number of hydrogen-bond donors (Lipinski definition) is 2. The Morgan fingerprint density at radius 3 is 2.71 bits per heavy atom. The van der Waals surface area contributed by atoms with Gasteiger partial charge in [-0.25, -0.2) is 19.9 Å². The first-order valence-corrected chi connectivity index (χ1v) is 7.45. The van der Waals surface area contributed by atoms with Gasteiger partial charge in [0.2, 0.25) is 0 Å². The maximum Gasteiger partial charge on any atom is 0.167 e. The number of rotatable bonds is 3. The number of nitrogens with two attached hydrogens (primary N) is 1. The fraction of sp³-hybridized carbons (Fsp3) is 0.0588. The van der Waals surface area contributed by atoms with Crippen molar-refractivity contribution in [2.75, 3.05) is 11.1 Å². The highest BCUT2D eigenvalue weighted by atomic mass is 15.2. The summed E-state index contributed by atoms with van der Waals surface area (Å²) in [7, 11) is 0. The molecule has 0 saturated heterocycles. The Morgan fingerprint density at radius 1 is 1.00 bits per heavy atom. The minimum Gasteiger partial charge on any atom is -0.393 e. The van der Waals surface area contributed by atoms with Crippen LogP contribution in [0.3, 0.4) is 0 Å². The van der Waals surface area contributed by atoms with Crippen LogP contribution in [0.25, 0.3) is 16.9 Å². The number of aryl methyl sites for hydroxylation is 1. The minimum atomic E-state index is 0.433. The van der Waals surface area contributed by atoms with E-state index in [0.29, 0.717) is 23.1 Å². The number of anilines is 3. The topological polar surface area (TPSA) is 94.5 Å². The number of aromatic nitrogens is 5. The van der Waals surface area contributed by atoms with Crippen LogP contribution >= 0.6 is 0 Å². The fourth-order valence-corrected chi connectivity index (χ4v) is 2.47. The molecule has 4 aromatic rings. The summed E-state index contributed by atoms with van der Waals surface area (Å²) in [6.45, 7) is 1.98. The minimum absolute atomic E-state index is 0.433. The summed E-state index contributed by atoms with van der Waals surface area (Å²) in [4.78, 5) is 17.2. The Kier molecular flexibility index (Phi) is 3.31. The molecule has 1 aromatic carbocycles. The third kappa shape index (κ3) is 2.41. The summed E-state index contributed by atoms with van der Waals surface area (Å²) in [5.74, 6) is 1.76. The van der Waals surface area contributed by atoms with Gasteiger partial charge in [0.05, 0.1) is 11.0 Å². The van der Waals surface area contributed by atoms with E-state index in [1.807, 2.05) is 47.9 Å². The predicted octanol–water partition coefficient (Wildman–Crippen LogP) is 2.84. The van der Waals surface area contributed by atoms with Crippen molar-refractivity contribution in [1.29, 1.82) is 0 Å². The molecule has 0 bridgehead atoms. The molecule has 7 heteroatoms. The molecule has 7 nitrogen and oxygen atoms in total. The van der Waals surface area contributed by atoms with Crippen LogP contribution in [-0.2, 0) is 0 Å². The molecular formula is C17H15N7. The van der Waals surface area contributed by atoms with Gasteiger partial charge in [0.25, 0.3) is 0 Å². The van der Waals surface area contributed by atoms with Crippen molar-refractivity contribution in [3.05, 3.63) is 60.8 Å². The van der Waals surface area contributed by atoms with Crippen LogP contribution in [0.5, 0.6) is 0 Å². The number of nitrogens with zero attached hydrogens (tertiary/aromatic N) is 5. The standard InChI is InChI=1S/C17H15N7/c1-11-6-7-14(19-8-11)23-16-15(18)17(21-9-20-16)24-10-22-12-4-2-3-5-13(12)24/h2-10H,18H2,1H3,(H,19,20,21,23). The first-order chi connectivity index (χ1) is 11.7. The second-order valence-corrected chi connectivity index (χ2v) is 5.41. The summed E-state index contributed by atoms with van der Waals surface area (Å²) in [6.07, 6.45) is 4.96. The van der Waals surface area contributed by atoms with Crippen molar-refractivity contribution in [3.63, 3.8) is 0 Å². The molecule has 0 fully saturated rings. The quantitative estimate of drug-likeness (QED) is 0.603. The molecule has 118 valence electrons. The van der Waals surface area contributed by atoms with Gasteiger partial charge >= 0.3 is 0 Å². The number of benzene rings is 1. The predicted molar refractivity (Wildman–Crippen MR) is 93.3 cm³/mol. The first-order valence-electron chi connectivity index (χ1n) is 7.45. The molecule has 0 unspecified atom stereocenters. The monoisotopic (exact) mass is 317 g/mol. The van der Waals surface area contributed by atoms with Crippen molar-refractivity contribution < 1.29 is 0 Å². The third-order valence-electron chi connectivity index (χ3n) is 3.70. The van der Waals surface area contributed by atoms with E-state index in [0.717, 1.165) is 16.6 Å². The van der Waals surface area contributed by atoms with Crippen LogP contribution in [0.4, 0.5) is 17.3 Å². The molecule has 3 aromatic heterocycles. The van der Waals surface area contributed by atoms with Gasteiger partial charge in [0, 0.05) is 6.20 Å². The van der Waals surface area contributed by atoms with Crippen LogP contribution in [0.15, 0.2) is 55.2 Å². The van der Waals surface area contributed by atoms with Crippen LogP contribution in [0, 0.1) is 6.92 Å². The van der Waals surface area contributed by atoms with Gasteiger partial charge < -0.3 is 11.1 Å². The maximum atomic E-state index is 6.28. The van der Waals surface area contributed by atoms with E-state index in [4.69, 9.17) is 5.73 Å². The number of hydrogen-bond acceptors (Lipinski definition) is 6. The van der Waals surface area contributed by atoms with Crippen molar-refractivity contribution in [3.8, 4) is 5.82 Å². The van der Waals surface area contributed by atoms with Gasteiger partial charge in [-0.2, -0.15) is 0 Å². The first kappa shape index (κ1) is 14.1. The lowest BCUT2D eigenvalue weighted by molar-refractivity contribution is 1.00. The van der Waals surface area contributed by atoms with E-state index in [9.17, 15) is 0 Å². The molecule has 0 atom stereocenters. The molecule has 0 aliphatic rings. The summed E-state index contributed by atoms with van der Waals surface area (Å²) < 4.78 is 1.85. The van der Waals surface area contributed by atoms with Crippen LogP contribution in [-0.4, -0.2) is 24.5 Å². The van der Waals surface area contributed by atoms with Crippen molar-refractivity contribution in [1.82, 2.24) is 24.5 Å². The maximum absolute atomic E-state index is 6.28. The highest BCUT2D eigenvalue weighted by Crippen LogP contribution is 2.26.